The van der Waals surface area contributed by atoms with Gasteiger partial charge in [-0.1, -0.05) is 31.2 Å². The quantitative estimate of drug-likeness (QED) is 0.803. The van der Waals surface area contributed by atoms with Crippen LogP contribution in [0.15, 0.2) is 24.3 Å². The first kappa shape index (κ1) is 16.0. The number of aryl methyl sites for hydroxylation is 1. The van der Waals surface area contributed by atoms with E-state index in [2.05, 4.69) is 24.4 Å². The lowest BCUT2D eigenvalue weighted by molar-refractivity contribution is -0.137. The molecule has 0 aliphatic heterocycles. The summed E-state index contributed by atoms with van der Waals surface area (Å²) >= 11 is 0. The summed E-state index contributed by atoms with van der Waals surface area (Å²) in [5.41, 5.74) is 2.32. The van der Waals surface area contributed by atoms with Gasteiger partial charge in [-0.25, -0.2) is 4.79 Å². The SMILES string of the molecule is CCc1ccc(CNC(=O)N(C)CCCC(=O)O)cc1. The minimum atomic E-state index is -0.838. The first-order valence-electron chi connectivity index (χ1n) is 6.81. The Kier molecular flexibility index (Phi) is 6.56. The summed E-state index contributed by atoms with van der Waals surface area (Å²) in [6, 6.07) is 7.93. The molecule has 2 N–H and O–H groups in total. The predicted molar refractivity (Wildman–Crippen MR) is 77.6 cm³/mol. The molecule has 0 spiro atoms. The summed E-state index contributed by atoms with van der Waals surface area (Å²) in [5.74, 6) is -0.838. The van der Waals surface area contributed by atoms with Crippen molar-refractivity contribution >= 4 is 12.0 Å². The molecule has 2 amide bonds. The van der Waals surface area contributed by atoms with E-state index in [-0.39, 0.29) is 12.5 Å². The number of nitrogens with one attached hydrogen (secondary N) is 1. The monoisotopic (exact) mass is 278 g/mol. The third kappa shape index (κ3) is 5.73. The molecule has 0 saturated carbocycles. The van der Waals surface area contributed by atoms with Crippen molar-refractivity contribution in [3.05, 3.63) is 35.4 Å². The number of carbonyl (C=O) groups excluding carboxylic acids is 1. The van der Waals surface area contributed by atoms with Crippen LogP contribution < -0.4 is 5.32 Å². The Hall–Kier alpha value is -2.04. The Morgan fingerprint density at radius 2 is 1.80 bits per heavy atom. The molecular formula is C15H22N2O3. The van der Waals surface area contributed by atoms with Gasteiger partial charge in [0.25, 0.3) is 0 Å². The van der Waals surface area contributed by atoms with E-state index in [9.17, 15) is 9.59 Å². The lowest BCUT2D eigenvalue weighted by Gasteiger charge is -2.17. The third-order valence-electron chi connectivity index (χ3n) is 3.11. The van der Waals surface area contributed by atoms with E-state index in [0.29, 0.717) is 19.5 Å². The minimum absolute atomic E-state index is 0.0795. The Bertz CT molecular complexity index is 443. The smallest absolute Gasteiger partial charge is 0.317 e. The molecule has 5 heteroatoms. The fourth-order valence-electron chi connectivity index (χ4n) is 1.77. The van der Waals surface area contributed by atoms with Gasteiger partial charge >= 0.3 is 12.0 Å². The van der Waals surface area contributed by atoms with Crippen molar-refractivity contribution in [3.63, 3.8) is 0 Å². The average molecular weight is 278 g/mol. The highest BCUT2D eigenvalue weighted by Gasteiger charge is 2.08. The average Bonchev–Trinajstić information content (AvgIpc) is 2.44. The summed E-state index contributed by atoms with van der Waals surface area (Å²) in [7, 11) is 1.66. The summed E-state index contributed by atoms with van der Waals surface area (Å²) < 4.78 is 0. The number of rotatable bonds is 7. The zero-order chi connectivity index (χ0) is 15.0. The molecule has 0 unspecified atom stereocenters. The number of carboxylic acid groups (broad SMARTS) is 1. The molecule has 0 atom stereocenters. The van der Waals surface area contributed by atoms with E-state index >= 15 is 0 Å². The number of benzene rings is 1. The molecule has 0 aromatic heterocycles. The van der Waals surface area contributed by atoms with Gasteiger partial charge in [0.2, 0.25) is 0 Å². The predicted octanol–water partition coefficient (Wildman–Crippen LogP) is 2.26. The maximum Gasteiger partial charge on any atom is 0.317 e. The van der Waals surface area contributed by atoms with Crippen LogP contribution in [0.25, 0.3) is 0 Å². The van der Waals surface area contributed by atoms with Crippen molar-refractivity contribution in [1.82, 2.24) is 10.2 Å². The molecule has 0 aliphatic rings. The lowest BCUT2D eigenvalue weighted by Crippen LogP contribution is -2.37. The summed E-state index contributed by atoms with van der Waals surface area (Å²) in [5, 5.41) is 11.4. The van der Waals surface area contributed by atoms with E-state index in [1.807, 2.05) is 12.1 Å². The van der Waals surface area contributed by atoms with Gasteiger partial charge in [-0.05, 0) is 24.0 Å². The van der Waals surface area contributed by atoms with Crippen molar-refractivity contribution < 1.29 is 14.7 Å². The van der Waals surface area contributed by atoms with Gasteiger partial charge in [0.1, 0.15) is 0 Å². The van der Waals surface area contributed by atoms with Crippen LogP contribution in [0.4, 0.5) is 4.79 Å². The van der Waals surface area contributed by atoms with Gasteiger partial charge in [0, 0.05) is 26.6 Å². The van der Waals surface area contributed by atoms with Crippen LogP contribution in [0.1, 0.15) is 30.9 Å². The van der Waals surface area contributed by atoms with Gasteiger partial charge in [0.15, 0.2) is 0 Å². The summed E-state index contributed by atoms with van der Waals surface area (Å²) in [4.78, 5) is 23.7. The molecule has 20 heavy (non-hydrogen) atoms. The number of urea groups is 1. The highest BCUT2D eigenvalue weighted by molar-refractivity contribution is 5.74. The molecule has 0 bridgehead atoms. The molecule has 0 saturated heterocycles. The number of hydrogen-bond donors (Lipinski definition) is 2. The maximum atomic E-state index is 11.8. The van der Waals surface area contributed by atoms with Crippen molar-refractivity contribution in [2.24, 2.45) is 0 Å². The zero-order valence-corrected chi connectivity index (χ0v) is 12.1. The van der Waals surface area contributed by atoms with Crippen molar-refractivity contribution in [3.8, 4) is 0 Å². The molecule has 1 aromatic rings. The molecule has 110 valence electrons. The molecular weight excluding hydrogens is 256 g/mol. The van der Waals surface area contributed by atoms with Gasteiger partial charge in [-0.2, -0.15) is 0 Å². The Labute approximate surface area is 119 Å². The largest absolute Gasteiger partial charge is 0.481 e. The summed E-state index contributed by atoms with van der Waals surface area (Å²) in [6.45, 7) is 3.02. The normalized spacial score (nSPS) is 10.1. The summed E-state index contributed by atoms with van der Waals surface area (Å²) in [6.07, 6.45) is 1.54. The Balaban J connectivity index is 2.32. The number of amides is 2. The minimum Gasteiger partial charge on any atom is -0.481 e. The molecule has 0 heterocycles. The highest BCUT2D eigenvalue weighted by Crippen LogP contribution is 2.05. The van der Waals surface area contributed by atoms with Crippen LogP contribution in [0, 0.1) is 0 Å². The standard InChI is InChI=1S/C15H22N2O3/c1-3-12-6-8-13(9-7-12)11-16-15(20)17(2)10-4-5-14(18)19/h6-9H,3-5,10-11H2,1-2H3,(H,16,20)(H,18,19). The molecule has 5 nitrogen and oxygen atoms in total. The second-order valence-corrected chi connectivity index (χ2v) is 4.75. The van der Waals surface area contributed by atoms with Crippen molar-refractivity contribution in [2.45, 2.75) is 32.7 Å². The van der Waals surface area contributed by atoms with E-state index in [1.54, 1.807) is 7.05 Å². The lowest BCUT2D eigenvalue weighted by atomic mass is 10.1. The Morgan fingerprint density at radius 1 is 1.20 bits per heavy atom. The van der Waals surface area contributed by atoms with Crippen molar-refractivity contribution in [1.29, 1.82) is 0 Å². The first-order valence-corrected chi connectivity index (χ1v) is 6.81. The second-order valence-electron chi connectivity index (χ2n) is 4.75. The highest BCUT2D eigenvalue weighted by atomic mass is 16.4. The van der Waals surface area contributed by atoms with Gasteiger partial charge in [-0.3, -0.25) is 4.79 Å². The number of hydrogen-bond acceptors (Lipinski definition) is 2. The molecule has 0 radical (unpaired) electrons. The maximum absolute atomic E-state index is 11.8. The second kappa shape index (κ2) is 8.19. The number of aliphatic carboxylic acids is 1. The fourth-order valence-corrected chi connectivity index (χ4v) is 1.77. The fraction of sp³-hybridized carbons (Fsp3) is 0.467. The van der Waals surface area contributed by atoms with Gasteiger partial charge in [-0.15, -0.1) is 0 Å². The van der Waals surface area contributed by atoms with E-state index in [4.69, 9.17) is 5.11 Å². The molecule has 0 aliphatic carbocycles. The number of carbonyl (C=O) groups is 2. The van der Waals surface area contributed by atoms with Crippen LogP contribution in [-0.2, 0) is 17.8 Å². The van der Waals surface area contributed by atoms with Crippen molar-refractivity contribution in [2.75, 3.05) is 13.6 Å². The van der Waals surface area contributed by atoms with Gasteiger partial charge < -0.3 is 15.3 Å². The third-order valence-corrected chi connectivity index (χ3v) is 3.11. The van der Waals surface area contributed by atoms with Gasteiger partial charge in [0.05, 0.1) is 0 Å². The van der Waals surface area contributed by atoms with Crippen LogP contribution >= 0.6 is 0 Å². The molecule has 1 rings (SSSR count). The van der Waals surface area contributed by atoms with Crippen LogP contribution in [0.3, 0.4) is 0 Å². The van der Waals surface area contributed by atoms with Crippen LogP contribution in [0.5, 0.6) is 0 Å². The van der Waals surface area contributed by atoms with E-state index in [0.717, 1.165) is 12.0 Å². The molecule has 1 aromatic carbocycles. The zero-order valence-electron chi connectivity index (χ0n) is 12.1. The first-order chi connectivity index (χ1) is 9.52. The van der Waals surface area contributed by atoms with E-state index < -0.39 is 5.97 Å². The van der Waals surface area contributed by atoms with Crippen LogP contribution in [-0.4, -0.2) is 35.6 Å². The van der Waals surface area contributed by atoms with E-state index in [1.165, 1.54) is 10.5 Å². The van der Waals surface area contributed by atoms with Crippen LogP contribution in [0.2, 0.25) is 0 Å². The number of nitrogens with zero attached hydrogens (tertiary/aromatic N) is 1. The number of carboxylic acids is 1. The topological polar surface area (TPSA) is 69.6 Å². The molecule has 0 fully saturated rings. The Morgan fingerprint density at radius 3 is 2.35 bits per heavy atom.